The van der Waals surface area contributed by atoms with Crippen molar-refractivity contribution < 1.29 is 9.53 Å². The summed E-state index contributed by atoms with van der Waals surface area (Å²) >= 11 is 0. The average Bonchev–Trinajstić information content (AvgIpc) is 2.79. The largest absolute Gasteiger partial charge is 0.461 e. The Bertz CT molecular complexity index is 491. The zero-order chi connectivity index (χ0) is 12.1. The number of pyridine rings is 1. The molecule has 0 saturated heterocycles. The van der Waals surface area contributed by atoms with Gasteiger partial charge < -0.3 is 9.30 Å². The second-order valence-corrected chi connectivity index (χ2v) is 3.60. The third-order valence-electron chi connectivity index (χ3n) is 2.39. The van der Waals surface area contributed by atoms with E-state index >= 15 is 0 Å². The molecule has 0 fully saturated rings. The summed E-state index contributed by atoms with van der Waals surface area (Å²) in [7, 11) is 0. The summed E-state index contributed by atoms with van der Waals surface area (Å²) in [6.45, 7) is 2.80. The Balaban J connectivity index is 2.17. The molecule has 0 radical (unpaired) electrons. The predicted molar refractivity (Wildman–Crippen MR) is 63.7 cm³/mol. The lowest BCUT2D eigenvalue weighted by molar-refractivity contribution is 0.0514. The van der Waals surface area contributed by atoms with Crippen molar-refractivity contribution in [2.45, 2.75) is 13.5 Å². The van der Waals surface area contributed by atoms with Crippen LogP contribution >= 0.6 is 0 Å². The van der Waals surface area contributed by atoms with Crippen LogP contribution < -0.4 is 0 Å². The first-order valence-electron chi connectivity index (χ1n) is 5.52. The molecule has 17 heavy (non-hydrogen) atoms. The molecule has 0 N–H and O–H groups in total. The van der Waals surface area contributed by atoms with E-state index in [1.807, 2.05) is 29.0 Å². The molecule has 0 aliphatic carbocycles. The lowest BCUT2D eigenvalue weighted by Crippen LogP contribution is -2.12. The third-order valence-corrected chi connectivity index (χ3v) is 2.39. The summed E-state index contributed by atoms with van der Waals surface area (Å²) in [6.07, 6.45) is 5.37. The maximum atomic E-state index is 11.7. The highest BCUT2D eigenvalue weighted by molar-refractivity contribution is 5.87. The van der Waals surface area contributed by atoms with E-state index in [0.29, 0.717) is 18.8 Å². The molecule has 4 heteroatoms. The van der Waals surface area contributed by atoms with Crippen LogP contribution in [0, 0.1) is 0 Å². The number of nitrogens with zero attached hydrogens (tertiary/aromatic N) is 2. The minimum atomic E-state index is -0.290. The van der Waals surface area contributed by atoms with Gasteiger partial charge >= 0.3 is 5.97 Å². The predicted octanol–water partition coefficient (Wildman–Crippen LogP) is 2.11. The number of carbonyl (C=O) groups is 1. The molecule has 0 unspecified atom stereocenters. The molecule has 0 spiro atoms. The number of hydrogen-bond acceptors (Lipinski definition) is 3. The van der Waals surface area contributed by atoms with E-state index in [1.165, 1.54) is 0 Å². The molecule has 0 saturated carbocycles. The van der Waals surface area contributed by atoms with Crippen LogP contribution in [0.15, 0.2) is 42.9 Å². The van der Waals surface area contributed by atoms with Gasteiger partial charge in [0.2, 0.25) is 0 Å². The highest BCUT2D eigenvalue weighted by atomic mass is 16.5. The minimum Gasteiger partial charge on any atom is -0.461 e. The van der Waals surface area contributed by atoms with Gasteiger partial charge in [-0.2, -0.15) is 0 Å². The van der Waals surface area contributed by atoms with Crippen LogP contribution in [0.5, 0.6) is 0 Å². The van der Waals surface area contributed by atoms with Gasteiger partial charge in [0.1, 0.15) is 5.69 Å². The van der Waals surface area contributed by atoms with Crippen molar-refractivity contribution in [3.05, 3.63) is 54.1 Å². The summed E-state index contributed by atoms with van der Waals surface area (Å²) in [4.78, 5) is 15.7. The lowest BCUT2D eigenvalue weighted by Gasteiger charge is -2.08. The van der Waals surface area contributed by atoms with Crippen LogP contribution in [-0.4, -0.2) is 22.1 Å². The Labute approximate surface area is 99.9 Å². The Morgan fingerprint density at radius 2 is 2.29 bits per heavy atom. The van der Waals surface area contributed by atoms with Gasteiger partial charge in [0.05, 0.1) is 6.61 Å². The molecule has 88 valence electrons. The van der Waals surface area contributed by atoms with E-state index < -0.39 is 0 Å². The monoisotopic (exact) mass is 230 g/mol. The standard InChI is InChI=1S/C13H14N2O2/c1-2-17-13(16)12-6-4-8-15(12)10-11-5-3-7-14-9-11/h3-9H,2,10H2,1H3. The lowest BCUT2D eigenvalue weighted by atomic mass is 10.3. The Hall–Kier alpha value is -2.10. The van der Waals surface area contributed by atoms with Crippen LogP contribution in [0.3, 0.4) is 0 Å². The Morgan fingerprint density at radius 1 is 1.41 bits per heavy atom. The summed E-state index contributed by atoms with van der Waals surface area (Å²) in [5.41, 5.74) is 1.62. The molecule has 0 aromatic carbocycles. The zero-order valence-corrected chi connectivity index (χ0v) is 9.67. The van der Waals surface area contributed by atoms with Crippen molar-refractivity contribution in [2.75, 3.05) is 6.61 Å². The highest BCUT2D eigenvalue weighted by Gasteiger charge is 2.11. The SMILES string of the molecule is CCOC(=O)c1cccn1Cc1cccnc1. The van der Waals surface area contributed by atoms with Gasteiger partial charge in [0.15, 0.2) is 0 Å². The number of rotatable bonds is 4. The fourth-order valence-corrected chi connectivity index (χ4v) is 1.63. The smallest absolute Gasteiger partial charge is 0.354 e. The summed E-state index contributed by atoms with van der Waals surface area (Å²) in [6, 6.07) is 7.45. The van der Waals surface area contributed by atoms with Crippen molar-refractivity contribution in [3.8, 4) is 0 Å². The van der Waals surface area contributed by atoms with Crippen molar-refractivity contribution in [3.63, 3.8) is 0 Å². The minimum absolute atomic E-state index is 0.290. The summed E-state index contributed by atoms with van der Waals surface area (Å²) < 4.78 is 6.85. The molecule has 0 amide bonds. The first kappa shape index (κ1) is 11.4. The van der Waals surface area contributed by atoms with E-state index in [4.69, 9.17) is 4.74 Å². The number of hydrogen-bond donors (Lipinski definition) is 0. The van der Waals surface area contributed by atoms with Crippen LogP contribution in [0.2, 0.25) is 0 Å². The fraction of sp³-hybridized carbons (Fsp3) is 0.231. The molecule has 2 rings (SSSR count). The molecule has 2 aromatic heterocycles. The van der Waals surface area contributed by atoms with Crippen molar-refractivity contribution in [1.29, 1.82) is 0 Å². The Kier molecular flexibility index (Phi) is 3.55. The zero-order valence-electron chi connectivity index (χ0n) is 9.67. The molecule has 4 nitrogen and oxygen atoms in total. The molecule has 0 bridgehead atoms. The quantitative estimate of drug-likeness (QED) is 0.755. The molecular formula is C13H14N2O2. The van der Waals surface area contributed by atoms with Crippen molar-refractivity contribution in [2.24, 2.45) is 0 Å². The van der Waals surface area contributed by atoms with Crippen LogP contribution in [0.1, 0.15) is 23.0 Å². The van der Waals surface area contributed by atoms with E-state index in [2.05, 4.69) is 4.98 Å². The van der Waals surface area contributed by atoms with Gasteiger partial charge in [-0.15, -0.1) is 0 Å². The number of esters is 1. The van der Waals surface area contributed by atoms with Gasteiger partial charge in [0.25, 0.3) is 0 Å². The molecule has 0 aliphatic rings. The molecule has 2 heterocycles. The maximum Gasteiger partial charge on any atom is 0.354 e. The second kappa shape index (κ2) is 5.30. The fourth-order valence-electron chi connectivity index (χ4n) is 1.63. The first-order valence-corrected chi connectivity index (χ1v) is 5.52. The van der Waals surface area contributed by atoms with Gasteiger partial charge in [0, 0.05) is 25.1 Å². The van der Waals surface area contributed by atoms with Gasteiger partial charge in [-0.3, -0.25) is 4.98 Å². The van der Waals surface area contributed by atoms with Crippen molar-refractivity contribution in [1.82, 2.24) is 9.55 Å². The second-order valence-electron chi connectivity index (χ2n) is 3.60. The molecule has 2 aromatic rings. The highest BCUT2D eigenvalue weighted by Crippen LogP contribution is 2.08. The summed E-state index contributed by atoms with van der Waals surface area (Å²) in [5.74, 6) is -0.290. The van der Waals surface area contributed by atoms with Crippen LogP contribution in [0.25, 0.3) is 0 Å². The van der Waals surface area contributed by atoms with E-state index in [9.17, 15) is 4.79 Å². The first-order chi connectivity index (χ1) is 8.31. The van der Waals surface area contributed by atoms with Gasteiger partial charge in [-0.05, 0) is 30.7 Å². The van der Waals surface area contributed by atoms with E-state index in [0.717, 1.165) is 5.56 Å². The van der Waals surface area contributed by atoms with Gasteiger partial charge in [-0.25, -0.2) is 4.79 Å². The number of carbonyl (C=O) groups excluding carboxylic acids is 1. The Morgan fingerprint density at radius 3 is 3.00 bits per heavy atom. The molecule has 0 aliphatic heterocycles. The number of ether oxygens (including phenoxy) is 1. The normalized spacial score (nSPS) is 10.2. The number of aromatic nitrogens is 2. The van der Waals surface area contributed by atoms with E-state index in [1.54, 1.807) is 25.4 Å². The van der Waals surface area contributed by atoms with Crippen LogP contribution in [-0.2, 0) is 11.3 Å². The van der Waals surface area contributed by atoms with Crippen LogP contribution in [0.4, 0.5) is 0 Å². The molecule has 0 atom stereocenters. The topological polar surface area (TPSA) is 44.1 Å². The van der Waals surface area contributed by atoms with Crippen molar-refractivity contribution >= 4 is 5.97 Å². The summed E-state index contributed by atoms with van der Waals surface area (Å²) in [5, 5.41) is 0. The molecular weight excluding hydrogens is 216 g/mol. The maximum absolute atomic E-state index is 11.7. The van der Waals surface area contributed by atoms with Gasteiger partial charge in [-0.1, -0.05) is 6.07 Å². The third kappa shape index (κ3) is 2.72. The average molecular weight is 230 g/mol. The van der Waals surface area contributed by atoms with E-state index in [-0.39, 0.29) is 5.97 Å².